The fraction of sp³-hybridized carbons (Fsp3) is 0.667. The first kappa shape index (κ1) is 93.0. The van der Waals surface area contributed by atoms with Crippen LogP contribution in [-0.4, -0.2) is 209 Å². The zero-order valence-corrected chi connectivity index (χ0v) is 63.3. The smallest absolute Gasteiger partial charge is 0.305 e. The van der Waals surface area contributed by atoms with Crippen LogP contribution in [0.5, 0.6) is 0 Å². The number of hydrogen-bond acceptors (Lipinski definition) is 21. The topological polar surface area (TPSA) is 571 Å². The number of nitrogens with one attached hydrogen (secondary N) is 11. The number of Topliss-reactive ketones (excluding diaryl/α,β-unsaturated/α-hetero) is 4. The number of aliphatic hydroxyl groups is 1. The molecule has 0 spiro atoms. The van der Waals surface area contributed by atoms with Gasteiger partial charge in [-0.3, -0.25) is 92.9 Å². The summed E-state index contributed by atoms with van der Waals surface area (Å²) >= 11 is 0. The SMILES string of the molecule is CC(=O)CN[C@@H](CC(=O)O)C(=O)N[C@H](C(=O)N[C@@H](CC(N)=O)C(=O)CN[C@H](C(=O)C[C@]1(C)CCCC=CCCC[C@@](C)(C(=O)N[C@@H](CCCCN)C(=O)N[C@H](C(=O)CN[C@@H](C)C(=O)N[C@@H](CCCN=C(N)N)C(N)=O)C(C)C)NC(=O)[C@H](Cc2ccccc2)NC(=O)[C@H](CC(C)C)NC1=O)[C@@H](C)O)C(C)C. The zero-order chi connectivity index (χ0) is 80.2. The van der Waals surface area contributed by atoms with Gasteiger partial charge in [-0.15, -0.1) is 0 Å². The molecule has 0 saturated heterocycles. The van der Waals surface area contributed by atoms with Crippen molar-refractivity contribution in [1.82, 2.24) is 58.5 Å². The zero-order valence-electron chi connectivity index (χ0n) is 63.3. The van der Waals surface area contributed by atoms with Crippen LogP contribution < -0.4 is 87.2 Å². The lowest BCUT2D eigenvalue weighted by molar-refractivity contribution is -0.140. The summed E-state index contributed by atoms with van der Waals surface area (Å²) in [5.74, 6) is -13.7. The van der Waals surface area contributed by atoms with Crippen molar-refractivity contribution < 1.29 is 82.1 Å². The van der Waals surface area contributed by atoms with Crippen molar-refractivity contribution in [3.63, 3.8) is 0 Å². The van der Waals surface area contributed by atoms with Gasteiger partial charge in [0.25, 0.3) is 0 Å². The molecule has 106 heavy (non-hydrogen) atoms. The van der Waals surface area contributed by atoms with Crippen LogP contribution in [0, 0.1) is 23.2 Å². The van der Waals surface area contributed by atoms with Crippen LogP contribution in [0.25, 0.3) is 0 Å². The molecule has 1 heterocycles. The Morgan fingerprint density at radius 2 is 1.19 bits per heavy atom. The number of ketones is 4. The number of aliphatic carboxylic acids is 1. The highest BCUT2D eigenvalue weighted by Gasteiger charge is 2.43. The van der Waals surface area contributed by atoms with Gasteiger partial charge in [-0.25, -0.2) is 0 Å². The van der Waals surface area contributed by atoms with Gasteiger partial charge in [0.05, 0.1) is 74.2 Å². The highest BCUT2D eigenvalue weighted by atomic mass is 16.4. The molecule has 1 aromatic rings. The molecule has 2 rings (SSSR count). The number of carboxylic acid groups (broad SMARTS) is 1. The van der Waals surface area contributed by atoms with Crippen LogP contribution in [0.4, 0.5) is 0 Å². The van der Waals surface area contributed by atoms with Crippen LogP contribution in [0.15, 0.2) is 47.5 Å². The number of nitrogens with two attached hydrogens (primary N) is 5. The van der Waals surface area contributed by atoms with Crippen molar-refractivity contribution in [2.24, 2.45) is 56.8 Å². The van der Waals surface area contributed by atoms with Crippen molar-refractivity contribution in [3.8, 4) is 0 Å². The van der Waals surface area contributed by atoms with Gasteiger partial charge in [-0.05, 0) is 135 Å². The number of carboxylic acids is 1. The number of unbranched alkanes of at least 4 members (excludes halogenated alkanes) is 1. The Bertz CT molecular complexity index is 3220. The molecule has 0 aliphatic carbocycles. The van der Waals surface area contributed by atoms with Gasteiger partial charge in [-0.2, -0.15) is 0 Å². The number of allylic oxidation sites excluding steroid dienone is 2. The molecule has 0 radical (unpaired) electrons. The lowest BCUT2D eigenvalue weighted by Gasteiger charge is -2.34. The second kappa shape index (κ2) is 46.7. The fourth-order valence-corrected chi connectivity index (χ4v) is 11.7. The standard InChI is InChI=1S/C72H119N17O17/c1-40(2)32-51-65(102)84-52(33-46-24-17-16-18-25-46)66(103)89-72(11,69(106)85-48(26-19-22-30-73)63(100)87-58(41(3)4)55(94)39-79-44(8)62(99)82-47(61(75)98)27-23-31-78-70(76)77)29-21-15-13-12-14-20-28-71(10,68(105)86-51)36-53(92)60(45(9)91)81-38-54(93)49(34-56(74)95)83-67(104)59(42(5)6)88-64(101)50(35-57(96)97)80-37-43(7)90/h12-13,16-18,24-25,40-42,44-45,47-52,58-60,79-81,91H,14-15,19-23,26-39,73H2,1-11H3,(H2,74,95)(H2,75,98)(H,82,99)(H,83,104)(H,84,102)(H,85,106)(H,86,105)(H,87,100)(H,88,101)(H,89,103)(H,96,97)(H4,76,77,78)/t44-,45+,47-,48-,49-,50-,51-,52-,58-,59-,60-,71-,72-/m0/s1. The maximum absolute atomic E-state index is 15.1. The van der Waals surface area contributed by atoms with E-state index in [0.29, 0.717) is 44.1 Å². The molecule has 1 aromatic carbocycles. The average Bonchev–Trinajstić information content (AvgIpc) is 0.769. The Morgan fingerprint density at radius 1 is 0.604 bits per heavy atom. The summed E-state index contributed by atoms with van der Waals surface area (Å²) in [5, 5.41) is 50.3. The second-order valence-corrected chi connectivity index (χ2v) is 29.0. The minimum absolute atomic E-state index is 0.00345. The Hall–Kier alpha value is -9.12. The molecule has 1 aliphatic rings. The number of carbonyl (C=O) groups excluding carboxylic acids is 14. The van der Waals surface area contributed by atoms with Crippen molar-refractivity contribution >= 4 is 94.1 Å². The van der Waals surface area contributed by atoms with Gasteiger partial charge in [0.1, 0.15) is 41.5 Å². The molecule has 10 amide bonds. The van der Waals surface area contributed by atoms with E-state index in [1.165, 1.54) is 34.6 Å². The van der Waals surface area contributed by atoms with E-state index in [1.54, 1.807) is 71.9 Å². The first-order valence-corrected chi connectivity index (χ1v) is 36.3. The van der Waals surface area contributed by atoms with E-state index in [4.69, 9.17) is 28.7 Å². The molecule has 0 unspecified atom stereocenters. The third kappa shape index (κ3) is 34.0. The molecule has 0 bridgehead atoms. The van der Waals surface area contributed by atoms with Gasteiger partial charge >= 0.3 is 5.97 Å². The number of hydrogen-bond donors (Lipinski definition) is 18. The van der Waals surface area contributed by atoms with Crippen molar-refractivity contribution in [3.05, 3.63) is 48.0 Å². The Morgan fingerprint density at radius 3 is 1.75 bits per heavy atom. The second-order valence-electron chi connectivity index (χ2n) is 29.0. The molecule has 0 saturated carbocycles. The third-order valence-corrected chi connectivity index (χ3v) is 18.0. The summed E-state index contributed by atoms with van der Waals surface area (Å²) in [7, 11) is 0. The number of benzene rings is 1. The van der Waals surface area contributed by atoms with E-state index in [2.05, 4.69) is 63.5 Å². The van der Waals surface area contributed by atoms with Crippen LogP contribution in [0.2, 0.25) is 0 Å². The van der Waals surface area contributed by atoms with Crippen LogP contribution in [-0.2, 0) is 78.3 Å². The maximum Gasteiger partial charge on any atom is 0.305 e. The molecule has 34 nitrogen and oxygen atoms in total. The van der Waals surface area contributed by atoms with E-state index < -0.39 is 210 Å². The summed E-state index contributed by atoms with van der Waals surface area (Å²) in [6.45, 7) is 16.0. The molecule has 594 valence electrons. The molecule has 34 heteroatoms. The molecule has 13 atom stereocenters. The van der Waals surface area contributed by atoms with Crippen LogP contribution in [0.1, 0.15) is 178 Å². The summed E-state index contributed by atoms with van der Waals surface area (Å²) in [6, 6.07) is -4.59. The van der Waals surface area contributed by atoms with Crippen molar-refractivity contribution in [1.29, 1.82) is 0 Å². The molecule has 1 aliphatic heterocycles. The fourth-order valence-electron chi connectivity index (χ4n) is 11.7. The quantitative estimate of drug-likeness (QED) is 0.0142. The Balaban J connectivity index is 2.57. The van der Waals surface area contributed by atoms with Crippen LogP contribution >= 0.6 is 0 Å². The molecule has 23 N–H and O–H groups in total. The van der Waals surface area contributed by atoms with Gasteiger partial charge in [0, 0.05) is 19.4 Å². The molecular formula is C72H119N17O17. The van der Waals surface area contributed by atoms with E-state index in [9.17, 15) is 67.7 Å². The Kier molecular flexibility index (Phi) is 41.0. The summed E-state index contributed by atoms with van der Waals surface area (Å²) in [5.41, 5.74) is 24.9. The number of aliphatic hydroxyl groups excluding tert-OH is 1. The van der Waals surface area contributed by atoms with Gasteiger partial charge in [0.15, 0.2) is 23.3 Å². The van der Waals surface area contributed by atoms with E-state index in [1.807, 2.05) is 12.2 Å². The minimum atomic E-state index is -1.77. The third-order valence-electron chi connectivity index (χ3n) is 18.0. The molecular weight excluding hydrogens is 1370 g/mol. The number of amides is 10. The number of aliphatic imine (C=N–C) groups is 1. The number of rotatable bonds is 44. The highest BCUT2D eigenvalue weighted by Crippen LogP contribution is 2.31. The molecule has 0 fully saturated rings. The number of nitrogens with zero attached hydrogens (tertiary/aromatic N) is 1. The van der Waals surface area contributed by atoms with Gasteiger partial charge < -0.3 is 81.4 Å². The highest BCUT2D eigenvalue weighted by molar-refractivity contribution is 6.01. The summed E-state index contributed by atoms with van der Waals surface area (Å²) < 4.78 is 0. The largest absolute Gasteiger partial charge is 0.481 e. The number of primary amides is 2. The van der Waals surface area contributed by atoms with E-state index in [-0.39, 0.29) is 76.5 Å². The minimum Gasteiger partial charge on any atom is -0.481 e. The monoisotopic (exact) mass is 1490 g/mol. The van der Waals surface area contributed by atoms with E-state index in [0.717, 1.165) is 0 Å². The first-order chi connectivity index (χ1) is 49.6. The summed E-state index contributed by atoms with van der Waals surface area (Å²) in [6.07, 6.45) is 2.67. The maximum atomic E-state index is 15.1. The van der Waals surface area contributed by atoms with E-state index >= 15 is 14.4 Å². The van der Waals surface area contributed by atoms with Crippen LogP contribution in [0.3, 0.4) is 0 Å². The van der Waals surface area contributed by atoms with Gasteiger partial charge in [-0.1, -0.05) is 91.0 Å². The predicted octanol–water partition coefficient (Wildman–Crippen LogP) is -2.25. The van der Waals surface area contributed by atoms with Gasteiger partial charge in [0.2, 0.25) is 59.1 Å². The number of guanidine groups is 1. The molecule has 0 aromatic heterocycles. The number of carbonyl (C=O) groups is 15. The average molecular weight is 1490 g/mol. The Labute approximate surface area is 620 Å². The normalized spacial score (nSPS) is 20.1. The van der Waals surface area contributed by atoms with Crippen molar-refractivity contribution in [2.45, 2.75) is 251 Å². The predicted molar refractivity (Wildman–Crippen MR) is 395 cm³/mol. The first-order valence-electron chi connectivity index (χ1n) is 36.3. The lowest BCUT2D eigenvalue weighted by Crippen LogP contribution is -2.64. The lowest BCUT2D eigenvalue weighted by atomic mass is 9.77. The summed E-state index contributed by atoms with van der Waals surface area (Å²) in [4.78, 5) is 209. The van der Waals surface area contributed by atoms with Crippen molar-refractivity contribution in [2.75, 3.05) is 32.7 Å².